The van der Waals surface area contributed by atoms with Crippen molar-refractivity contribution in [1.29, 1.82) is 0 Å². The Balaban J connectivity index is 1.75. The van der Waals surface area contributed by atoms with Crippen LogP contribution < -0.4 is 0 Å². The minimum Gasteiger partial charge on any atom is -0.480 e. The van der Waals surface area contributed by atoms with E-state index in [1.807, 2.05) is 18.0 Å². The summed E-state index contributed by atoms with van der Waals surface area (Å²) in [6.45, 7) is 4.19. The molecular weight excluding hydrogens is 240 g/mol. The van der Waals surface area contributed by atoms with Gasteiger partial charge in [0.25, 0.3) is 0 Å². The molecule has 4 heteroatoms. The highest BCUT2D eigenvalue weighted by atomic mass is 16.4. The molecule has 1 atom stereocenters. The van der Waals surface area contributed by atoms with Crippen LogP contribution in [0, 0.1) is 5.92 Å². The molecule has 4 nitrogen and oxygen atoms in total. The molecule has 0 spiro atoms. The lowest BCUT2D eigenvalue weighted by Gasteiger charge is -2.20. The Hall–Kier alpha value is -1.39. The van der Waals surface area contributed by atoms with Gasteiger partial charge in [-0.3, -0.25) is 14.6 Å². The van der Waals surface area contributed by atoms with Crippen LogP contribution in [-0.4, -0.2) is 54.1 Å². The molecule has 0 saturated carbocycles. The number of benzene rings is 1. The predicted octanol–water partition coefficient (Wildman–Crippen LogP) is 1.52. The Kier molecular flexibility index (Phi) is 4.93. The molecule has 1 fully saturated rings. The third-order valence-electron chi connectivity index (χ3n) is 3.59. The van der Waals surface area contributed by atoms with Crippen LogP contribution in [0.25, 0.3) is 0 Å². The second-order valence-electron chi connectivity index (χ2n) is 5.47. The van der Waals surface area contributed by atoms with E-state index in [1.54, 1.807) is 0 Å². The zero-order chi connectivity index (χ0) is 13.7. The first-order valence-electron chi connectivity index (χ1n) is 6.80. The number of nitrogens with zero attached hydrogens (tertiary/aromatic N) is 2. The van der Waals surface area contributed by atoms with Crippen LogP contribution in [0.15, 0.2) is 30.3 Å². The molecule has 0 bridgehead atoms. The summed E-state index contributed by atoms with van der Waals surface area (Å²) in [5.41, 5.74) is 1.35. The molecule has 2 rings (SSSR count). The van der Waals surface area contributed by atoms with E-state index in [1.165, 1.54) is 5.56 Å². The lowest BCUT2D eigenvalue weighted by atomic mass is 10.1. The van der Waals surface area contributed by atoms with Crippen LogP contribution in [-0.2, 0) is 11.3 Å². The van der Waals surface area contributed by atoms with E-state index in [0.29, 0.717) is 5.92 Å². The molecule has 104 valence electrons. The SMILES string of the molecule is CN(CC(=O)O)C[C@H]1CCN(Cc2ccccc2)C1. The number of hydrogen-bond donors (Lipinski definition) is 1. The largest absolute Gasteiger partial charge is 0.480 e. The van der Waals surface area contributed by atoms with E-state index >= 15 is 0 Å². The zero-order valence-electron chi connectivity index (χ0n) is 11.5. The lowest BCUT2D eigenvalue weighted by Crippen LogP contribution is -2.32. The zero-order valence-corrected chi connectivity index (χ0v) is 11.5. The predicted molar refractivity (Wildman–Crippen MR) is 75.0 cm³/mol. The minimum absolute atomic E-state index is 0.134. The first-order valence-corrected chi connectivity index (χ1v) is 6.80. The van der Waals surface area contributed by atoms with Gasteiger partial charge >= 0.3 is 5.97 Å². The Morgan fingerprint density at radius 1 is 1.42 bits per heavy atom. The molecule has 19 heavy (non-hydrogen) atoms. The number of likely N-dealkylation sites (N-methyl/N-ethyl adjacent to an activating group) is 1. The van der Waals surface area contributed by atoms with Crippen molar-refractivity contribution in [2.45, 2.75) is 13.0 Å². The molecule has 0 amide bonds. The topological polar surface area (TPSA) is 43.8 Å². The first kappa shape index (κ1) is 14.0. The minimum atomic E-state index is -0.748. The van der Waals surface area contributed by atoms with E-state index in [9.17, 15) is 4.79 Å². The van der Waals surface area contributed by atoms with Gasteiger partial charge in [-0.1, -0.05) is 30.3 Å². The number of hydrogen-bond acceptors (Lipinski definition) is 3. The van der Waals surface area contributed by atoms with Crippen molar-refractivity contribution < 1.29 is 9.90 Å². The van der Waals surface area contributed by atoms with Gasteiger partial charge in [-0.25, -0.2) is 0 Å². The van der Waals surface area contributed by atoms with Crippen LogP contribution in [0.4, 0.5) is 0 Å². The molecule has 1 aliphatic heterocycles. The molecule has 0 aromatic heterocycles. The molecule has 0 radical (unpaired) electrons. The quantitative estimate of drug-likeness (QED) is 0.844. The Morgan fingerprint density at radius 2 is 2.16 bits per heavy atom. The number of carboxylic acids is 1. The second kappa shape index (κ2) is 6.68. The van der Waals surface area contributed by atoms with E-state index in [-0.39, 0.29) is 6.54 Å². The van der Waals surface area contributed by atoms with Crippen molar-refractivity contribution in [3.05, 3.63) is 35.9 Å². The van der Waals surface area contributed by atoms with Crippen LogP contribution in [0.1, 0.15) is 12.0 Å². The highest BCUT2D eigenvalue weighted by Crippen LogP contribution is 2.19. The maximum absolute atomic E-state index is 10.6. The maximum atomic E-state index is 10.6. The van der Waals surface area contributed by atoms with E-state index in [0.717, 1.165) is 32.6 Å². The van der Waals surface area contributed by atoms with Crippen molar-refractivity contribution in [2.24, 2.45) is 5.92 Å². The van der Waals surface area contributed by atoms with Crippen molar-refractivity contribution in [2.75, 3.05) is 33.2 Å². The average molecular weight is 262 g/mol. The van der Waals surface area contributed by atoms with Crippen molar-refractivity contribution in [3.8, 4) is 0 Å². The molecular formula is C15H22N2O2. The third kappa shape index (κ3) is 4.65. The standard InChI is InChI=1S/C15H22N2O2/c1-16(12-15(18)19)9-14-7-8-17(11-14)10-13-5-3-2-4-6-13/h2-6,14H,7-12H2,1H3,(H,18,19)/t14-/m1/s1. The van der Waals surface area contributed by atoms with Crippen molar-refractivity contribution >= 4 is 5.97 Å². The van der Waals surface area contributed by atoms with Crippen LogP contribution >= 0.6 is 0 Å². The van der Waals surface area contributed by atoms with Gasteiger partial charge in [0, 0.05) is 19.6 Å². The smallest absolute Gasteiger partial charge is 0.317 e. The molecule has 1 heterocycles. The molecule has 1 N–H and O–H groups in total. The molecule has 0 unspecified atom stereocenters. The van der Waals surface area contributed by atoms with E-state index in [2.05, 4.69) is 29.2 Å². The van der Waals surface area contributed by atoms with E-state index in [4.69, 9.17) is 5.11 Å². The van der Waals surface area contributed by atoms with Crippen molar-refractivity contribution in [3.63, 3.8) is 0 Å². The fourth-order valence-electron chi connectivity index (χ4n) is 2.78. The number of carboxylic acid groups (broad SMARTS) is 1. The fourth-order valence-corrected chi connectivity index (χ4v) is 2.78. The highest BCUT2D eigenvalue weighted by molar-refractivity contribution is 5.68. The number of likely N-dealkylation sites (tertiary alicyclic amines) is 1. The molecule has 0 aliphatic carbocycles. The summed E-state index contributed by atoms with van der Waals surface area (Å²) in [6.07, 6.45) is 1.16. The molecule has 1 aromatic carbocycles. The first-order chi connectivity index (χ1) is 9.13. The van der Waals surface area contributed by atoms with Crippen molar-refractivity contribution in [1.82, 2.24) is 9.80 Å². The summed E-state index contributed by atoms with van der Waals surface area (Å²) >= 11 is 0. The van der Waals surface area contributed by atoms with Crippen LogP contribution in [0.2, 0.25) is 0 Å². The van der Waals surface area contributed by atoms with Gasteiger partial charge in [0.05, 0.1) is 6.54 Å². The van der Waals surface area contributed by atoms with Gasteiger partial charge in [0.1, 0.15) is 0 Å². The summed E-state index contributed by atoms with van der Waals surface area (Å²) in [5.74, 6) is -0.158. The van der Waals surface area contributed by atoms with Gasteiger partial charge in [0.15, 0.2) is 0 Å². The summed E-state index contributed by atoms with van der Waals surface area (Å²) in [4.78, 5) is 15.0. The van der Waals surface area contributed by atoms with Crippen LogP contribution in [0.5, 0.6) is 0 Å². The number of carbonyl (C=O) groups is 1. The van der Waals surface area contributed by atoms with Gasteiger partial charge in [-0.2, -0.15) is 0 Å². The van der Waals surface area contributed by atoms with Gasteiger partial charge < -0.3 is 5.11 Å². The van der Waals surface area contributed by atoms with Gasteiger partial charge in [0.2, 0.25) is 0 Å². The highest BCUT2D eigenvalue weighted by Gasteiger charge is 2.23. The van der Waals surface area contributed by atoms with E-state index < -0.39 is 5.97 Å². The number of aliphatic carboxylic acids is 1. The lowest BCUT2D eigenvalue weighted by molar-refractivity contribution is -0.138. The molecule has 1 aliphatic rings. The second-order valence-corrected chi connectivity index (χ2v) is 5.47. The average Bonchev–Trinajstić information content (AvgIpc) is 2.76. The van der Waals surface area contributed by atoms with Crippen LogP contribution in [0.3, 0.4) is 0 Å². The molecule has 1 aromatic rings. The Bertz CT molecular complexity index is 408. The summed E-state index contributed by atoms with van der Waals surface area (Å²) in [7, 11) is 1.88. The summed E-state index contributed by atoms with van der Waals surface area (Å²) in [6, 6.07) is 10.5. The summed E-state index contributed by atoms with van der Waals surface area (Å²) in [5, 5.41) is 8.75. The maximum Gasteiger partial charge on any atom is 0.317 e. The summed E-state index contributed by atoms with van der Waals surface area (Å²) < 4.78 is 0. The van der Waals surface area contributed by atoms with Gasteiger partial charge in [-0.15, -0.1) is 0 Å². The Labute approximate surface area is 114 Å². The fraction of sp³-hybridized carbons (Fsp3) is 0.533. The normalized spacial score (nSPS) is 20.0. The molecule has 1 saturated heterocycles. The van der Waals surface area contributed by atoms with Gasteiger partial charge in [-0.05, 0) is 31.5 Å². The number of rotatable bonds is 6. The Morgan fingerprint density at radius 3 is 2.84 bits per heavy atom. The third-order valence-corrected chi connectivity index (χ3v) is 3.59. The monoisotopic (exact) mass is 262 g/mol.